The van der Waals surface area contributed by atoms with Gasteiger partial charge in [-0.15, -0.1) is 6.42 Å². The summed E-state index contributed by atoms with van der Waals surface area (Å²) in [4.78, 5) is 5.00. The smallest absolute Gasteiger partial charge is 0.163 e. The van der Waals surface area contributed by atoms with E-state index in [0.29, 0.717) is 52.2 Å². The maximum atomic E-state index is 6.43. The normalized spacial score (nSPS) is 30.1. The Morgan fingerprint density at radius 1 is 0.762 bits per heavy atom. The molecule has 1 aromatic carbocycles. The number of ether oxygens (including phenoxy) is 8. The molecule has 42 heavy (non-hydrogen) atoms. The number of terminal acetylenes is 1. The van der Waals surface area contributed by atoms with Crippen molar-refractivity contribution < 1.29 is 37.9 Å². The summed E-state index contributed by atoms with van der Waals surface area (Å²) in [6.45, 7) is 16.3. The molecule has 0 radical (unpaired) electrons. The van der Waals surface area contributed by atoms with Crippen LogP contribution in [0.3, 0.4) is 0 Å². The SMILES string of the molecule is C#CCOCCOCCOCCOc1ccc(N2CCN(C[C@H]3C[C@H]4OC(C)(C)O[C@H]4[C@H]4OC(C)(C)O[C@@H]34)CC2)cc1. The minimum Gasteiger partial charge on any atom is -0.491 e. The van der Waals surface area contributed by atoms with E-state index in [9.17, 15) is 0 Å². The van der Waals surface area contributed by atoms with E-state index in [-0.39, 0.29) is 24.4 Å². The number of hydrogen-bond donors (Lipinski definition) is 0. The second kappa shape index (κ2) is 14.2. The van der Waals surface area contributed by atoms with Crippen molar-refractivity contribution in [2.45, 2.75) is 70.1 Å². The Kier molecular flexibility index (Phi) is 10.7. The van der Waals surface area contributed by atoms with E-state index in [1.165, 1.54) is 5.69 Å². The molecule has 0 unspecified atom stereocenters. The Balaban J connectivity index is 1.00. The molecule has 5 atom stereocenters. The maximum Gasteiger partial charge on any atom is 0.163 e. The van der Waals surface area contributed by atoms with Gasteiger partial charge in [0.2, 0.25) is 0 Å². The summed E-state index contributed by atoms with van der Waals surface area (Å²) in [5.41, 5.74) is 1.22. The molecule has 10 nitrogen and oxygen atoms in total. The van der Waals surface area contributed by atoms with Crippen molar-refractivity contribution in [1.29, 1.82) is 0 Å². The molecule has 0 N–H and O–H groups in total. The van der Waals surface area contributed by atoms with E-state index in [2.05, 4.69) is 27.9 Å². The molecule has 4 aliphatic rings. The van der Waals surface area contributed by atoms with E-state index in [0.717, 1.165) is 44.9 Å². The van der Waals surface area contributed by atoms with Crippen molar-refractivity contribution in [3.8, 4) is 18.1 Å². The zero-order valence-corrected chi connectivity index (χ0v) is 25.6. The van der Waals surface area contributed by atoms with Crippen molar-refractivity contribution in [3.05, 3.63) is 24.3 Å². The molecule has 5 rings (SSSR count). The standard InChI is InChI=1S/C32H48N2O8/c1-6-15-35-16-17-36-18-19-37-20-21-38-26-9-7-25(8-10-26)34-13-11-33(12-14-34)23-24-22-27-29(41-31(2,3)39-27)30-28(24)40-32(4,5)42-30/h1,7-10,24,27-30H,11-23H2,2-5H3/t24-,27-,28+,29-,30+/m1/s1. The molecule has 0 amide bonds. The Labute approximate surface area is 250 Å². The third-order valence-corrected chi connectivity index (χ3v) is 8.20. The van der Waals surface area contributed by atoms with Crippen molar-refractivity contribution in [1.82, 2.24) is 4.90 Å². The van der Waals surface area contributed by atoms with Gasteiger partial charge in [-0.2, -0.15) is 0 Å². The molecular formula is C32H48N2O8. The van der Waals surface area contributed by atoms with Crippen LogP contribution in [0.25, 0.3) is 0 Å². The largest absolute Gasteiger partial charge is 0.491 e. The lowest BCUT2D eigenvalue weighted by atomic mass is 9.80. The molecular weight excluding hydrogens is 540 g/mol. The van der Waals surface area contributed by atoms with Crippen molar-refractivity contribution in [2.75, 3.05) is 83.9 Å². The highest BCUT2D eigenvalue weighted by Crippen LogP contribution is 2.47. The van der Waals surface area contributed by atoms with Gasteiger partial charge >= 0.3 is 0 Å². The van der Waals surface area contributed by atoms with E-state index < -0.39 is 11.6 Å². The Morgan fingerprint density at radius 3 is 2.05 bits per heavy atom. The van der Waals surface area contributed by atoms with Gasteiger partial charge in [0.25, 0.3) is 0 Å². The predicted molar refractivity (Wildman–Crippen MR) is 158 cm³/mol. The van der Waals surface area contributed by atoms with Crippen LogP contribution in [0.1, 0.15) is 34.1 Å². The number of hydrogen-bond acceptors (Lipinski definition) is 10. The van der Waals surface area contributed by atoms with Gasteiger partial charge in [-0.3, -0.25) is 4.90 Å². The zero-order chi connectivity index (χ0) is 29.6. The van der Waals surface area contributed by atoms with Crippen LogP contribution in [0.2, 0.25) is 0 Å². The molecule has 4 fully saturated rings. The molecule has 1 aromatic rings. The van der Waals surface area contributed by atoms with Crippen LogP contribution in [-0.2, 0) is 33.2 Å². The van der Waals surface area contributed by atoms with Crippen molar-refractivity contribution in [3.63, 3.8) is 0 Å². The first-order chi connectivity index (χ1) is 20.2. The quantitative estimate of drug-likeness (QED) is 0.239. The minimum atomic E-state index is -0.603. The third-order valence-electron chi connectivity index (χ3n) is 8.20. The minimum absolute atomic E-state index is 0.0210. The fourth-order valence-electron chi connectivity index (χ4n) is 6.43. The van der Waals surface area contributed by atoms with E-state index >= 15 is 0 Å². The summed E-state index contributed by atoms with van der Waals surface area (Å²) >= 11 is 0. The Morgan fingerprint density at radius 2 is 1.36 bits per heavy atom. The maximum absolute atomic E-state index is 6.43. The predicted octanol–water partition coefficient (Wildman–Crippen LogP) is 2.93. The molecule has 3 aliphatic heterocycles. The van der Waals surface area contributed by atoms with Gasteiger partial charge in [-0.25, -0.2) is 0 Å². The Hall–Kier alpha value is -1.94. The van der Waals surface area contributed by atoms with Crippen molar-refractivity contribution in [2.24, 2.45) is 5.92 Å². The first-order valence-corrected chi connectivity index (χ1v) is 15.3. The van der Waals surface area contributed by atoms with E-state index in [1.807, 2.05) is 39.8 Å². The van der Waals surface area contributed by atoms with Gasteiger partial charge in [-0.05, 0) is 58.4 Å². The molecule has 10 heteroatoms. The van der Waals surface area contributed by atoms with E-state index in [1.54, 1.807) is 0 Å². The second-order valence-corrected chi connectivity index (χ2v) is 12.3. The van der Waals surface area contributed by atoms with Crippen LogP contribution in [0.4, 0.5) is 5.69 Å². The van der Waals surface area contributed by atoms with Gasteiger partial charge < -0.3 is 42.8 Å². The van der Waals surface area contributed by atoms with Crippen LogP contribution >= 0.6 is 0 Å². The summed E-state index contributed by atoms with van der Waals surface area (Å²) in [7, 11) is 0. The monoisotopic (exact) mass is 588 g/mol. The molecule has 0 bridgehead atoms. The fourth-order valence-corrected chi connectivity index (χ4v) is 6.43. The molecule has 3 saturated heterocycles. The lowest BCUT2D eigenvalue weighted by Crippen LogP contribution is -2.55. The molecule has 0 aromatic heterocycles. The number of benzene rings is 1. The molecule has 234 valence electrons. The van der Waals surface area contributed by atoms with Gasteiger partial charge in [0.15, 0.2) is 11.6 Å². The van der Waals surface area contributed by atoms with Crippen LogP contribution in [0.15, 0.2) is 24.3 Å². The van der Waals surface area contributed by atoms with E-state index in [4.69, 9.17) is 44.3 Å². The summed E-state index contributed by atoms with van der Waals surface area (Å²) in [5, 5.41) is 0. The highest BCUT2D eigenvalue weighted by atomic mass is 16.8. The topological polar surface area (TPSA) is 80.3 Å². The fraction of sp³-hybridized carbons (Fsp3) is 0.750. The van der Waals surface area contributed by atoms with Gasteiger partial charge in [0.1, 0.15) is 31.2 Å². The molecule has 0 spiro atoms. The van der Waals surface area contributed by atoms with Crippen LogP contribution in [0, 0.1) is 18.3 Å². The first kappa shape index (κ1) is 31.5. The lowest BCUT2D eigenvalue weighted by molar-refractivity contribution is -0.176. The lowest BCUT2D eigenvalue weighted by Gasteiger charge is -2.42. The third kappa shape index (κ3) is 8.36. The van der Waals surface area contributed by atoms with Gasteiger partial charge in [0, 0.05) is 44.3 Å². The summed E-state index contributed by atoms with van der Waals surface area (Å²) < 4.78 is 47.3. The Bertz CT molecular complexity index is 1020. The number of rotatable bonds is 14. The molecule has 1 aliphatic carbocycles. The van der Waals surface area contributed by atoms with Crippen LogP contribution < -0.4 is 9.64 Å². The summed E-state index contributed by atoms with van der Waals surface area (Å²) in [6, 6.07) is 8.34. The molecule has 3 heterocycles. The second-order valence-electron chi connectivity index (χ2n) is 12.3. The molecule has 1 saturated carbocycles. The number of piperazine rings is 1. The van der Waals surface area contributed by atoms with Crippen LogP contribution in [-0.4, -0.2) is 120 Å². The number of fused-ring (bicyclic) bond motifs is 3. The highest BCUT2D eigenvalue weighted by molar-refractivity contribution is 5.49. The van der Waals surface area contributed by atoms with Gasteiger partial charge in [-0.1, -0.05) is 5.92 Å². The van der Waals surface area contributed by atoms with Crippen molar-refractivity contribution >= 4 is 5.69 Å². The first-order valence-electron chi connectivity index (χ1n) is 15.3. The van der Waals surface area contributed by atoms with Gasteiger partial charge in [0.05, 0.1) is 45.2 Å². The average molecular weight is 589 g/mol. The number of anilines is 1. The highest BCUT2D eigenvalue weighted by Gasteiger charge is 2.59. The summed E-state index contributed by atoms with van der Waals surface area (Å²) in [5.74, 6) is 2.42. The zero-order valence-electron chi connectivity index (χ0n) is 25.6. The number of nitrogens with zero attached hydrogens (tertiary/aromatic N) is 2. The average Bonchev–Trinajstić information content (AvgIpc) is 3.46. The summed E-state index contributed by atoms with van der Waals surface area (Å²) in [6.07, 6.45) is 5.95. The van der Waals surface area contributed by atoms with Crippen LogP contribution in [0.5, 0.6) is 5.75 Å².